The highest BCUT2D eigenvalue weighted by atomic mass is 16.2. The van der Waals surface area contributed by atoms with Crippen molar-refractivity contribution in [3.05, 3.63) is 0 Å². The van der Waals surface area contributed by atoms with E-state index >= 15 is 0 Å². The van der Waals surface area contributed by atoms with Gasteiger partial charge in [-0.25, -0.2) is 0 Å². The van der Waals surface area contributed by atoms with Crippen molar-refractivity contribution in [3.63, 3.8) is 0 Å². The predicted molar refractivity (Wildman–Crippen MR) is 46.4 cm³/mol. The first-order chi connectivity index (χ1) is 6.25. The molecule has 0 aromatic carbocycles. The highest BCUT2D eigenvalue weighted by Crippen LogP contribution is 2.06. The van der Waals surface area contributed by atoms with Crippen molar-refractivity contribution in [2.45, 2.75) is 32.6 Å². The van der Waals surface area contributed by atoms with Crippen LogP contribution in [0.3, 0.4) is 0 Å². The number of rotatable bonds is 4. The Morgan fingerprint density at radius 2 is 2.00 bits per heavy atom. The Morgan fingerprint density at radius 3 is 2.69 bits per heavy atom. The van der Waals surface area contributed by atoms with E-state index in [1.54, 1.807) is 0 Å². The number of Topliss-reactive ketones (excluding diaryl/α,β-unsaturated/α-hetero) is 1. The van der Waals surface area contributed by atoms with Crippen LogP contribution in [0.5, 0.6) is 0 Å². The summed E-state index contributed by atoms with van der Waals surface area (Å²) in [6.07, 6.45) is 3.48. The molecule has 1 aliphatic rings. The minimum atomic E-state index is -0.804. The van der Waals surface area contributed by atoms with Crippen molar-refractivity contribution < 1.29 is 9.59 Å². The second kappa shape index (κ2) is 4.59. The highest BCUT2D eigenvalue weighted by molar-refractivity contribution is 6.65. The van der Waals surface area contributed by atoms with Crippen molar-refractivity contribution in [1.82, 2.24) is 0 Å². The molecule has 5 nitrogen and oxygen atoms in total. The van der Waals surface area contributed by atoms with Crippen LogP contribution in [-0.2, 0) is 9.59 Å². The molecule has 0 atom stereocenters. The fraction of sp³-hybridized carbons (Fsp3) is 0.625. The molecule has 5 heteroatoms. The van der Waals surface area contributed by atoms with Crippen LogP contribution in [0.1, 0.15) is 32.6 Å². The largest absolute Gasteiger partial charge is 0.339 e. The zero-order valence-electron chi connectivity index (χ0n) is 7.49. The molecule has 1 amide bonds. The van der Waals surface area contributed by atoms with E-state index < -0.39 is 11.7 Å². The molecule has 0 unspecified atom stereocenters. The summed E-state index contributed by atoms with van der Waals surface area (Å²) in [5, 5.41) is 9.79. The number of nitrogens with zero attached hydrogens (tertiary/aromatic N) is 3. The van der Waals surface area contributed by atoms with E-state index in [1.165, 1.54) is 0 Å². The molecule has 1 rings (SSSR count). The number of carbonyl (C=O) groups excluding carboxylic acids is 2. The van der Waals surface area contributed by atoms with Gasteiger partial charge in [0.25, 0.3) is 5.78 Å². The van der Waals surface area contributed by atoms with Crippen molar-refractivity contribution in [1.29, 1.82) is 0 Å². The van der Waals surface area contributed by atoms with Gasteiger partial charge in [0, 0.05) is 0 Å². The molecule has 1 heterocycles. The predicted octanol–water partition coefficient (Wildman–Crippen LogP) is 1.48. The Labute approximate surface area is 75.9 Å². The summed E-state index contributed by atoms with van der Waals surface area (Å²) in [6, 6.07) is 0. The van der Waals surface area contributed by atoms with Crippen LogP contribution in [0, 0.1) is 0 Å². The Hall–Kier alpha value is -1.39. The molecule has 0 aromatic rings. The van der Waals surface area contributed by atoms with E-state index in [2.05, 4.69) is 22.4 Å². The summed E-state index contributed by atoms with van der Waals surface area (Å²) in [7, 11) is 0. The third kappa shape index (κ3) is 2.54. The molecule has 13 heavy (non-hydrogen) atoms. The molecule has 0 aliphatic carbocycles. The standard InChI is InChI=1S/C8H11N3O2/c1-2-3-4-5-6-7(12)8(13)10-11-9-6/h2-5H2,1H3. The molecule has 0 N–H and O–H groups in total. The van der Waals surface area contributed by atoms with Crippen LogP contribution >= 0.6 is 0 Å². The molecule has 0 saturated heterocycles. The molecule has 70 valence electrons. The average Bonchev–Trinajstić information content (AvgIpc) is 2.13. The van der Waals surface area contributed by atoms with E-state index in [0.717, 1.165) is 19.3 Å². The van der Waals surface area contributed by atoms with Crippen LogP contribution in [-0.4, -0.2) is 17.4 Å². The molecule has 0 radical (unpaired) electrons. The number of amides is 1. The van der Waals surface area contributed by atoms with Crippen molar-refractivity contribution >= 4 is 17.4 Å². The number of ketones is 1. The molecular formula is C8H11N3O2. The Balaban J connectivity index is 2.49. The lowest BCUT2D eigenvalue weighted by molar-refractivity contribution is -0.132. The first-order valence-corrected chi connectivity index (χ1v) is 4.32. The van der Waals surface area contributed by atoms with E-state index in [9.17, 15) is 9.59 Å². The molecular weight excluding hydrogens is 170 g/mol. The first-order valence-electron chi connectivity index (χ1n) is 4.32. The van der Waals surface area contributed by atoms with Crippen LogP contribution in [0.15, 0.2) is 15.4 Å². The van der Waals surface area contributed by atoms with E-state index in [4.69, 9.17) is 0 Å². The Bertz CT molecular complexity index is 281. The van der Waals surface area contributed by atoms with Gasteiger partial charge in [-0.3, -0.25) is 9.59 Å². The maximum Gasteiger partial charge on any atom is 0.339 e. The number of carbonyl (C=O) groups is 2. The monoisotopic (exact) mass is 181 g/mol. The summed E-state index contributed by atoms with van der Waals surface area (Å²) < 4.78 is 0. The molecule has 0 saturated carbocycles. The lowest BCUT2D eigenvalue weighted by Gasteiger charge is -2.02. The summed E-state index contributed by atoms with van der Waals surface area (Å²) in [5.74, 6) is -1.41. The van der Waals surface area contributed by atoms with Gasteiger partial charge in [0.2, 0.25) is 0 Å². The summed E-state index contributed by atoms with van der Waals surface area (Å²) in [4.78, 5) is 21.8. The van der Waals surface area contributed by atoms with E-state index in [-0.39, 0.29) is 5.71 Å². The van der Waals surface area contributed by atoms with Gasteiger partial charge in [-0.05, 0) is 18.1 Å². The zero-order valence-corrected chi connectivity index (χ0v) is 7.49. The first kappa shape index (κ1) is 9.70. The second-order valence-corrected chi connectivity index (χ2v) is 2.83. The fourth-order valence-corrected chi connectivity index (χ4v) is 1.04. The topological polar surface area (TPSA) is 71.2 Å². The molecule has 0 fully saturated rings. The number of unbranched alkanes of at least 4 members (excludes halogenated alkanes) is 2. The van der Waals surface area contributed by atoms with E-state index in [0.29, 0.717) is 6.42 Å². The third-order valence-electron chi connectivity index (χ3n) is 1.77. The van der Waals surface area contributed by atoms with Crippen LogP contribution < -0.4 is 0 Å². The third-order valence-corrected chi connectivity index (χ3v) is 1.77. The van der Waals surface area contributed by atoms with Gasteiger partial charge < -0.3 is 0 Å². The minimum absolute atomic E-state index is 0.244. The molecule has 0 spiro atoms. The van der Waals surface area contributed by atoms with Gasteiger partial charge >= 0.3 is 5.91 Å². The molecule has 0 aromatic heterocycles. The van der Waals surface area contributed by atoms with Crippen molar-refractivity contribution in [2.75, 3.05) is 0 Å². The molecule has 0 bridgehead atoms. The van der Waals surface area contributed by atoms with E-state index in [1.807, 2.05) is 0 Å². The maximum absolute atomic E-state index is 11.1. The minimum Gasteiger partial charge on any atom is -0.281 e. The van der Waals surface area contributed by atoms with Gasteiger partial charge in [-0.1, -0.05) is 24.9 Å². The van der Waals surface area contributed by atoms with Crippen LogP contribution in [0.25, 0.3) is 0 Å². The lowest BCUT2D eigenvalue weighted by atomic mass is 10.1. The van der Waals surface area contributed by atoms with Gasteiger partial charge in [-0.15, -0.1) is 5.10 Å². The Kier molecular flexibility index (Phi) is 3.42. The van der Waals surface area contributed by atoms with Gasteiger partial charge in [-0.2, -0.15) is 0 Å². The number of hydrogen-bond donors (Lipinski definition) is 0. The smallest absolute Gasteiger partial charge is 0.281 e. The van der Waals surface area contributed by atoms with Gasteiger partial charge in [0.15, 0.2) is 0 Å². The van der Waals surface area contributed by atoms with Crippen LogP contribution in [0.2, 0.25) is 0 Å². The van der Waals surface area contributed by atoms with Crippen LogP contribution in [0.4, 0.5) is 0 Å². The Morgan fingerprint density at radius 1 is 1.23 bits per heavy atom. The summed E-state index contributed by atoms with van der Waals surface area (Å²) in [5.41, 5.74) is 0.244. The quantitative estimate of drug-likeness (QED) is 0.486. The summed E-state index contributed by atoms with van der Waals surface area (Å²) in [6.45, 7) is 2.06. The molecule has 1 aliphatic heterocycles. The maximum atomic E-state index is 11.1. The fourth-order valence-electron chi connectivity index (χ4n) is 1.04. The van der Waals surface area contributed by atoms with Gasteiger partial charge in [0.05, 0.1) is 0 Å². The normalized spacial score (nSPS) is 16.2. The highest BCUT2D eigenvalue weighted by Gasteiger charge is 2.22. The van der Waals surface area contributed by atoms with Crippen molar-refractivity contribution in [3.8, 4) is 0 Å². The summed E-state index contributed by atoms with van der Waals surface area (Å²) >= 11 is 0. The van der Waals surface area contributed by atoms with Crippen molar-refractivity contribution in [2.24, 2.45) is 15.4 Å². The lowest BCUT2D eigenvalue weighted by Crippen LogP contribution is -2.24. The zero-order chi connectivity index (χ0) is 9.68. The van der Waals surface area contributed by atoms with Gasteiger partial charge in [0.1, 0.15) is 5.71 Å². The average molecular weight is 181 g/mol. The second-order valence-electron chi connectivity index (χ2n) is 2.83. The number of hydrogen-bond acceptors (Lipinski definition) is 4. The SMILES string of the molecule is CCCCCC1=NN=NC(=O)C1=O.